The van der Waals surface area contributed by atoms with Gasteiger partial charge in [-0.05, 0) is 44.5 Å². The van der Waals surface area contributed by atoms with E-state index in [0.29, 0.717) is 51.5 Å². The Morgan fingerprint density at radius 3 is 2.65 bits per heavy atom. The molecule has 1 aliphatic rings. The highest BCUT2D eigenvalue weighted by Gasteiger charge is 2.32. The van der Waals surface area contributed by atoms with Crippen LogP contribution in [0.2, 0.25) is 10.0 Å². The average Bonchev–Trinajstić information content (AvgIpc) is 3.36. The van der Waals surface area contributed by atoms with Crippen LogP contribution in [0.25, 0.3) is 22.2 Å². The van der Waals surface area contributed by atoms with E-state index in [1.807, 2.05) is 36.9 Å². The van der Waals surface area contributed by atoms with Gasteiger partial charge < -0.3 is 15.4 Å². The Labute approximate surface area is 206 Å². The van der Waals surface area contributed by atoms with Gasteiger partial charge in [0.15, 0.2) is 11.6 Å². The highest BCUT2D eigenvalue weighted by atomic mass is 35.5. The van der Waals surface area contributed by atoms with Crippen LogP contribution in [-0.4, -0.2) is 38.8 Å². The minimum atomic E-state index is -0.414. The van der Waals surface area contributed by atoms with Crippen LogP contribution in [0.3, 0.4) is 0 Å². The summed E-state index contributed by atoms with van der Waals surface area (Å²) >= 11 is 12.5. The smallest absolute Gasteiger partial charge is 0.166 e. The number of anilines is 1. The minimum absolute atomic E-state index is 0.307. The van der Waals surface area contributed by atoms with E-state index in [1.165, 1.54) is 18.5 Å². The lowest BCUT2D eigenvalue weighted by atomic mass is 10.0. The quantitative estimate of drug-likeness (QED) is 0.374. The summed E-state index contributed by atoms with van der Waals surface area (Å²) in [6, 6.07) is 6.98. The molecule has 0 amide bonds. The van der Waals surface area contributed by atoms with Gasteiger partial charge >= 0.3 is 0 Å². The second-order valence-electron chi connectivity index (χ2n) is 8.91. The first kappa shape index (κ1) is 22.8. The number of aromatic nitrogens is 4. The predicted molar refractivity (Wildman–Crippen MR) is 132 cm³/mol. The molecule has 0 radical (unpaired) electrons. The van der Waals surface area contributed by atoms with E-state index >= 15 is 4.39 Å². The minimum Gasteiger partial charge on any atom is -0.486 e. The van der Waals surface area contributed by atoms with Crippen LogP contribution in [0.1, 0.15) is 31.9 Å². The molecule has 5 rings (SSSR count). The van der Waals surface area contributed by atoms with Crippen LogP contribution in [0.5, 0.6) is 5.75 Å². The molecule has 10 heteroatoms. The van der Waals surface area contributed by atoms with Crippen LogP contribution >= 0.6 is 23.2 Å². The number of aromatic amines is 1. The Morgan fingerprint density at radius 2 is 1.97 bits per heavy atom. The molecule has 0 bridgehead atoms. The maximum absolute atomic E-state index is 15.0. The monoisotopic (exact) mass is 500 g/mol. The molecule has 0 saturated carbocycles. The molecule has 2 atom stereocenters. The first-order valence-electron chi connectivity index (χ1n) is 10.9. The van der Waals surface area contributed by atoms with E-state index in [4.69, 9.17) is 33.7 Å². The predicted octanol–water partition coefficient (Wildman–Crippen LogP) is 5.53. The number of H-pyrrole nitrogens is 1. The highest BCUT2D eigenvalue weighted by Crippen LogP contribution is 2.35. The summed E-state index contributed by atoms with van der Waals surface area (Å²) in [6.45, 7) is 5.06. The van der Waals surface area contributed by atoms with Crippen LogP contribution in [0, 0.1) is 5.82 Å². The van der Waals surface area contributed by atoms with Crippen molar-refractivity contribution in [2.24, 2.45) is 5.73 Å². The Morgan fingerprint density at radius 1 is 1.21 bits per heavy atom. The molecule has 7 nitrogen and oxygen atoms in total. The van der Waals surface area contributed by atoms with Crippen molar-refractivity contribution in [2.75, 3.05) is 18.0 Å². The maximum atomic E-state index is 15.0. The van der Waals surface area contributed by atoms with Crippen molar-refractivity contribution >= 4 is 39.9 Å². The molecule has 3 aromatic heterocycles. The summed E-state index contributed by atoms with van der Waals surface area (Å²) in [6.07, 6.45) is 5.06. The number of hydrogen-bond donors (Lipinski definition) is 2. The molecule has 4 heterocycles. The number of fused-ring (bicyclic) bond motifs is 1. The van der Waals surface area contributed by atoms with Crippen molar-refractivity contribution < 1.29 is 9.13 Å². The molecule has 0 spiro atoms. The number of nitrogens with one attached hydrogen (secondary N) is 1. The van der Waals surface area contributed by atoms with Crippen LogP contribution in [0.15, 0.2) is 42.9 Å². The third-order valence-electron chi connectivity index (χ3n) is 6.04. The Hall–Kier alpha value is -2.94. The summed E-state index contributed by atoms with van der Waals surface area (Å²) in [5.41, 5.74) is 8.44. The van der Waals surface area contributed by atoms with Gasteiger partial charge in [0.1, 0.15) is 17.5 Å². The Kier molecular flexibility index (Phi) is 5.83. The summed E-state index contributed by atoms with van der Waals surface area (Å²) in [5.74, 6) is 0.493. The lowest BCUT2D eigenvalue weighted by molar-refractivity contribution is 0.227. The number of rotatable bonds is 5. The third-order valence-corrected chi connectivity index (χ3v) is 6.65. The highest BCUT2D eigenvalue weighted by molar-refractivity contribution is 6.35. The second kappa shape index (κ2) is 8.69. The van der Waals surface area contributed by atoms with E-state index in [9.17, 15) is 0 Å². The lowest BCUT2D eigenvalue weighted by Gasteiger charge is -2.21. The van der Waals surface area contributed by atoms with Crippen LogP contribution in [-0.2, 0) is 0 Å². The normalized spacial score (nSPS) is 19.1. The first-order chi connectivity index (χ1) is 16.2. The largest absolute Gasteiger partial charge is 0.486 e. The topological polar surface area (TPSA) is 93.0 Å². The zero-order valence-electron chi connectivity index (χ0n) is 18.6. The number of nitrogens with zero attached hydrogens (tertiary/aromatic N) is 4. The van der Waals surface area contributed by atoms with Crippen molar-refractivity contribution in [3.05, 3.63) is 64.3 Å². The molecule has 1 fully saturated rings. The molecule has 4 aromatic rings. The molecular formula is C24H23Cl2FN6O. The number of hydrogen-bond acceptors (Lipinski definition) is 6. The van der Waals surface area contributed by atoms with Gasteiger partial charge in [-0.2, -0.15) is 5.10 Å². The summed E-state index contributed by atoms with van der Waals surface area (Å²) in [4.78, 5) is 10.3. The maximum Gasteiger partial charge on any atom is 0.166 e. The average molecular weight is 501 g/mol. The van der Waals surface area contributed by atoms with E-state index in [0.717, 1.165) is 17.3 Å². The van der Waals surface area contributed by atoms with E-state index in [1.54, 1.807) is 6.20 Å². The van der Waals surface area contributed by atoms with Crippen molar-refractivity contribution in [1.82, 2.24) is 20.2 Å². The molecule has 1 aliphatic heterocycles. The number of halogens is 3. The van der Waals surface area contributed by atoms with Gasteiger partial charge in [-0.25, -0.2) is 9.37 Å². The van der Waals surface area contributed by atoms with E-state index in [2.05, 4.69) is 20.2 Å². The number of nitrogens with two attached hydrogens (primary N) is 1. The molecule has 176 valence electrons. The third kappa shape index (κ3) is 4.29. The summed E-state index contributed by atoms with van der Waals surface area (Å²) in [5, 5.41) is 9.02. The molecule has 3 N–H and O–H groups in total. The molecule has 1 aromatic carbocycles. The first-order valence-corrected chi connectivity index (χ1v) is 11.6. The lowest BCUT2D eigenvalue weighted by Crippen LogP contribution is -2.39. The zero-order valence-corrected chi connectivity index (χ0v) is 20.2. The molecule has 34 heavy (non-hydrogen) atoms. The molecule has 0 unspecified atom stereocenters. The second-order valence-corrected chi connectivity index (χ2v) is 9.73. The van der Waals surface area contributed by atoms with Crippen molar-refractivity contribution in [3.63, 3.8) is 0 Å². The van der Waals surface area contributed by atoms with Gasteiger partial charge in [0.2, 0.25) is 0 Å². The number of benzene rings is 1. The number of pyridine rings is 2. The van der Waals surface area contributed by atoms with Crippen molar-refractivity contribution in [1.29, 1.82) is 0 Å². The fourth-order valence-corrected chi connectivity index (χ4v) is 4.99. The Balaban J connectivity index is 1.44. The summed E-state index contributed by atoms with van der Waals surface area (Å²) in [7, 11) is 0. The van der Waals surface area contributed by atoms with Gasteiger partial charge in [0.05, 0.1) is 15.6 Å². The molecule has 0 aliphatic carbocycles. The van der Waals surface area contributed by atoms with Crippen LogP contribution in [0.4, 0.5) is 10.2 Å². The summed E-state index contributed by atoms with van der Waals surface area (Å²) < 4.78 is 21.1. The number of ether oxygens (including phenoxy) is 1. The van der Waals surface area contributed by atoms with Gasteiger partial charge in [-0.3, -0.25) is 10.1 Å². The fourth-order valence-electron chi connectivity index (χ4n) is 4.32. The molecule has 1 saturated heterocycles. The Bertz CT molecular complexity index is 1350. The van der Waals surface area contributed by atoms with Gasteiger partial charge in [-0.1, -0.05) is 23.2 Å². The van der Waals surface area contributed by atoms with Gasteiger partial charge in [-0.15, -0.1) is 0 Å². The van der Waals surface area contributed by atoms with Crippen LogP contribution < -0.4 is 15.4 Å². The zero-order chi connectivity index (χ0) is 24.0. The van der Waals surface area contributed by atoms with Gasteiger partial charge in [0, 0.05) is 53.7 Å². The van der Waals surface area contributed by atoms with E-state index in [-0.39, 0.29) is 5.54 Å². The van der Waals surface area contributed by atoms with Crippen molar-refractivity contribution in [3.8, 4) is 17.0 Å². The van der Waals surface area contributed by atoms with E-state index < -0.39 is 11.9 Å². The standard InChI is InChI=1S/C24H23Cl2FN6O/c1-13(21-17(25)10-29-11-18(21)26)34-15-3-4-20-16(8-15)22(32-31-20)14-7-19(27)23(30-9-14)33-6-5-24(2,28)12-33/h3-4,7-11,13H,5-6,12,28H2,1-2H3,(H,31,32)/t13-,24-/m1/s1. The van der Waals surface area contributed by atoms with Gasteiger partial charge in [0.25, 0.3) is 0 Å². The van der Waals surface area contributed by atoms with Crippen molar-refractivity contribution in [2.45, 2.75) is 31.9 Å². The molecular weight excluding hydrogens is 478 g/mol. The fraction of sp³-hybridized carbons (Fsp3) is 0.292. The SMILES string of the molecule is C[C@@H](Oc1ccc2[nH]nc(-c3cnc(N4CC[C@@](C)(N)C4)c(F)c3)c2c1)c1c(Cl)cncc1Cl.